The first-order chi connectivity index (χ1) is 8.88. The van der Waals surface area contributed by atoms with Gasteiger partial charge in [0.05, 0.1) is 0 Å². The van der Waals surface area contributed by atoms with Gasteiger partial charge >= 0.3 is 0 Å². The third-order valence-electron chi connectivity index (χ3n) is 3.23. The maximum absolute atomic E-state index is 12.1. The Balaban J connectivity index is 2.25. The first-order valence-corrected chi connectivity index (χ1v) is 7.04. The summed E-state index contributed by atoms with van der Waals surface area (Å²) >= 11 is 1.23. The van der Waals surface area contributed by atoms with Crippen molar-refractivity contribution < 1.29 is 14.7 Å². The topological polar surface area (TPSA) is 57.6 Å². The quantitative estimate of drug-likeness (QED) is 0.903. The minimum atomic E-state index is 0.0264. The molecule has 0 spiro atoms. The van der Waals surface area contributed by atoms with Crippen molar-refractivity contribution in [2.45, 2.75) is 32.4 Å². The number of hydrogen-bond donors (Lipinski definition) is 1. The molecule has 1 N–H and O–H groups in total. The Morgan fingerprint density at radius 1 is 1.37 bits per heavy atom. The maximum Gasteiger partial charge on any atom is 0.228 e. The van der Waals surface area contributed by atoms with E-state index in [2.05, 4.69) is 0 Å². The zero-order valence-corrected chi connectivity index (χ0v) is 12.1. The van der Waals surface area contributed by atoms with Crippen molar-refractivity contribution in [3.8, 4) is 5.75 Å². The second-order valence-corrected chi connectivity index (χ2v) is 6.34. The van der Waals surface area contributed by atoms with Gasteiger partial charge in [-0.05, 0) is 37.1 Å². The van der Waals surface area contributed by atoms with Crippen molar-refractivity contribution in [3.05, 3.63) is 23.3 Å². The smallest absolute Gasteiger partial charge is 0.228 e. The highest BCUT2D eigenvalue weighted by molar-refractivity contribution is 8.14. The number of aromatic hydroxyl groups is 1. The summed E-state index contributed by atoms with van der Waals surface area (Å²) in [7, 11) is 0. The van der Waals surface area contributed by atoms with Gasteiger partial charge in [0, 0.05) is 30.8 Å². The van der Waals surface area contributed by atoms with Crippen molar-refractivity contribution in [2.24, 2.45) is 0 Å². The number of carbonyl (C=O) groups excluding carboxylic acids is 2. The van der Waals surface area contributed by atoms with E-state index in [4.69, 9.17) is 0 Å². The molecule has 4 nitrogen and oxygen atoms in total. The van der Waals surface area contributed by atoms with Gasteiger partial charge in [-0.15, -0.1) is 0 Å². The lowest BCUT2D eigenvalue weighted by Crippen LogP contribution is -2.25. The SMILES string of the molecule is CC(=O)SC1CC(=O)N(c2cc(C)c(O)cc2C)C1. The third-order valence-corrected chi connectivity index (χ3v) is 4.21. The molecule has 1 fully saturated rings. The summed E-state index contributed by atoms with van der Waals surface area (Å²) in [5.41, 5.74) is 2.44. The highest BCUT2D eigenvalue weighted by Crippen LogP contribution is 2.33. The van der Waals surface area contributed by atoms with Crippen LogP contribution in [0.15, 0.2) is 12.1 Å². The van der Waals surface area contributed by atoms with Gasteiger partial charge in [0.1, 0.15) is 5.75 Å². The van der Waals surface area contributed by atoms with E-state index in [1.54, 1.807) is 17.9 Å². The fourth-order valence-electron chi connectivity index (χ4n) is 2.30. The zero-order chi connectivity index (χ0) is 14.2. The van der Waals surface area contributed by atoms with E-state index in [9.17, 15) is 14.7 Å². The fourth-order valence-corrected chi connectivity index (χ4v) is 3.22. The number of thioether (sulfide) groups is 1. The zero-order valence-electron chi connectivity index (χ0n) is 11.3. The van der Waals surface area contributed by atoms with Crippen LogP contribution in [0.1, 0.15) is 24.5 Å². The molecule has 1 amide bonds. The average molecular weight is 279 g/mol. The maximum atomic E-state index is 12.1. The Kier molecular flexibility index (Phi) is 3.85. The molecule has 0 radical (unpaired) electrons. The highest BCUT2D eigenvalue weighted by atomic mass is 32.2. The normalized spacial score (nSPS) is 19.0. The molecule has 1 unspecified atom stereocenters. The lowest BCUT2D eigenvalue weighted by atomic mass is 10.1. The van der Waals surface area contributed by atoms with Crippen LogP contribution in [-0.2, 0) is 9.59 Å². The van der Waals surface area contributed by atoms with Crippen molar-refractivity contribution >= 4 is 28.5 Å². The highest BCUT2D eigenvalue weighted by Gasteiger charge is 2.32. The summed E-state index contributed by atoms with van der Waals surface area (Å²) in [5, 5.41) is 9.72. The minimum absolute atomic E-state index is 0.0264. The van der Waals surface area contributed by atoms with Crippen LogP contribution in [0.2, 0.25) is 0 Å². The van der Waals surface area contributed by atoms with Crippen LogP contribution in [0.4, 0.5) is 5.69 Å². The standard InChI is InChI=1S/C14H17NO3S/c1-8-5-13(17)9(2)4-12(8)15-7-11(6-14(15)18)19-10(3)16/h4-5,11,17H,6-7H2,1-3H3. The third kappa shape index (κ3) is 2.92. The molecule has 1 aliphatic heterocycles. The summed E-state index contributed by atoms with van der Waals surface area (Å²) in [6.45, 7) is 5.75. The van der Waals surface area contributed by atoms with E-state index < -0.39 is 0 Å². The summed E-state index contributed by atoms with van der Waals surface area (Å²) in [6, 6.07) is 3.49. The molecular formula is C14H17NO3S. The van der Waals surface area contributed by atoms with Crippen LogP contribution >= 0.6 is 11.8 Å². The van der Waals surface area contributed by atoms with Gasteiger partial charge in [-0.2, -0.15) is 0 Å². The molecule has 1 aromatic rings. The summed E-state index contributed by atoms with van der Waals surface area (Å²) in [4.78, 5) is 24.9. The molecule has 1 atom stereocenters. The van der Waals surface area contributed by atoms with Crippen LogP contribution in [0, 0.1) is 13.8 Å². The molecule has 0 bridgehead atoms. The first-order valence-electron chi connectivity index (χ1n) is 6.16. The van der Waals surface area contributed by atoms with Crippen molar-refractivity contribution in [1.82, 2.24) is 0 Å². The molecule has 1 aliphatic rings. The van der Waals surface area contributed by atoms with E-state index >= 15 is 0 Å². The molecule has 19 heavy (non-hydrogen) atoms. The summed E-state index contributed by atoms with van der Waals surface area (Å²) < 4.78 is 0. The molecular weight excluding hydrogens is 262 g/mol. The Labute approximate surface area is 116 Å². The molecule has 2 rings (SSSR count). The van der Waals surface area contributed by atoms with Crippen molar-refractivity contribution in [3.63, 3.8) is 0 Å². The largest absolute Gasteiger partial charge is 0.508 e. The summed E-state index contributed by atoms with van der Waals surface area (Å²) in [5.74, 6) is 0.273. The van der Waals surface area contributed by atoms with E-state index in [-0.39, 0.29) is 22.0 Å². The van der Waals surface area contributed by atoms with Crippen LogP contribution in [0.25, 0.3) is 0 Å². The van der Waals surface area contributed by atoms with Crippen LogP contribution < -0.4 is 4.90 Å². The molecule has 0 aliphatic carbocycles. The van der Waals surface area contributed by atoms with Gasteiger partial charge in [-0.25, -0.2) is 0 Å². The van der Waals surface area contributed by atoms with Gasteiger partial charge in [0.25, 0.3) is 0 Å². The number of phenols is 1. The molecule has 5 heteroatoms. The second-order valence-electron chi connectivity index (χ2n) is 4.87. The lowest BCUT2D eigenvalue weighted by Gasteiger charge is -2.20. The Morgan fingerprint density at radius 3 is 2.68 bits per heavy atom. The molecule has 1 aromatic carbocycles. The molecule has 0 saturated carbocycles. The number of nitrogens with zero attached hydrogens (tertiary/aromatic N) is 1. The number of hydrogen-bond acceptors (Lipinski definition) is 4. The Morgan fingerprint density at radius 2 is 2.05 bits per heavy atom. The molecule has 1 heterocycles. The van der Waals surface area contributed by atoms with E-state index in [0.717, 1.165) is 16.8 Å². The van der Waals surface area contributed by atoms with Crippen LogP contribution in [0.5, 0.6) is 5.75 Å². The predicted octanol–water partition coefficient (Wildman–Crippen LogP) is 2.39. The molecule has 1 saturated heterocycles. The van der Waals surface area contributed by atoms with Crippen molar-refractivity contribution in [1.29, 1.82) is 0 Å². The summed E-state index contributed by atoms with van der Waals surface area (Å²) in [6.07, 6.45) is 0.392. The van der Waals surface area contributed by atoms with Crippen molar-refractivity contribution in [2.75, 3.05) is 11.4 Å². The first kappa shape index (κ1) is 13.9. The van der Waals surface area contributed by atoms with E-state index in [1.807, 2.05) is 13.0 Å². The number of aryl methyl sites for hydroxylation is 2. The molecule has 102 valence electrons. The monoisotopic (exact) mass is 279 g/mol. The fraction of sp³-hybridized carbons (Fsp3) is 0.429. The average Bonchev–Trinajstić information content (AvgIpc) is 2.63. The van der Waals surface area contributed by atoms with Crippen LogP contribution in [-0.4, -0.2) is 27.9 Å². The number of benzene rings is 1. The van der Waals surface area contributed by atoms with Gasteiger partial charge in [-0.1, -0.05) is 11.8 Å². The lowest BCUT2D eigenvalue weighted by molar-refractivity contribution is -0.117. The van der Waals surface area contributed by atoms with Gasteiger partial charge in [0.2, 0.25) is 5.91 Å². The van der Waals surface area contributed by atoms with Gasteiger partial charge < -0.3 is 10.0 Å². The number of amides is 1. The minimum Gasteiger partial charge on any atom is -0.508 e. The van der Waals surface area contributed by atoms with Crippen LogP contribution in [0.3, 0.4) is 0 Å². The van der Waals surface area contributed by atoms with Gasteiger partial charge in [-0.3, -0.25) is 9.59 Å². The van der Waals surface area contributed by atoms with E-state index in [1.165, 1.54) is 18.7 Å². The predicted molar refractivity (Wildman–Crippen MR) is 76.6 cm³/mol. The Hall–Kier alpha value is -1.49. The molecule has 0 aromatic heterocycles. The number of anilines is 1. The number of phenolic OH excluding ortho intramolecular Hbond substituents is 1. The Bertz CT molecular complexity index is 542. The van der Waals surface area contributed by atoms with Gasteiger partial charge in [0.15, 0.2) is 5.12 Å². The van der Waals surface area contributed by atoms with E-state index in [0.29, 0.717) is 13.0 Å². The number of carbonyl (C=O) groups is 2. The second kappa shape index (κ2) is 5.25. The number of rotatable bonds is 2.